The van der Waals surface area contributed by atoms with Crippen molar-refractivity contribution < 1.29 is 4.74 Å². The molecule has 5 nitrogen and oxygen atoms in total. The van der Waals surface area contributed by atoms with Crippen molar-refractivity contribution in [3.8, 4) is 11.8 Å². The molecule has 0 bridgehead atoms. The second-order valence-corrected chi connectivity index (χ2v) is 4.83. The van der Waals surface area contributed by atoms with Crippen LogP contribution in [0.5, 0.6) is 11.8 Å². The Balaban J connectivity index is 1.69. The Kier molecular flexibility index (Phi) is 3.87. The summed E-state index contributed by atoms with van der Waals surface area (Å²) in [6.45, 7) is 7.13. The number of benzene rings is 1. The lowest BCUT2D eigenvalue weighted by Crippen LogP contribution is -2.43. The van der Waals surface area contributed by atoms with Gasteiger partial charge in [0.1, 0.15) is 5.75 Å². The van der Waals surface area contributed by atoms with Gasteiger partial charge in [0.15, 0.2) is 0 Å². The summed E-state index contributed by atoms with van der Waals surface area (Å²) >= 11 is 0. The van der Waals surface area contributed by atoms with E-state index in [0.717, 1.165) is 38.5 Å². The number of nitrogens with zero attached hydrogens (tertiary/aromatic N) is 3. The fourth-order valence-corrected chi connectivity index (χ4v) is 2.39. The van der Waals surface area contributed by atoms with E-state index in [1.807, 2.05) is 22.9 Å². The molecular weight excluding hydrogens is 252 g/mol. The van der Waals surface area contributed by atoms with E-state index in [1.165, 1.54) is 5.69 Å². The molecule has 0 saturated carbocycles. The number of aromatic nitrogens is 2. The van der Waals surface area contributed by atoms with Gasteiger partial charge in [0, 0.05) is 50.8 Å². The highest BCUT2D eigenvalue weighted by atomic mass is 16.5. The minimum Gasteiger partial charge on any atom is -0.426 e. The first-order chi connectivity index (χ1) is 9.86. The molecule has 1 aromatic heterocycles. The number of aryl methyl sites for hydroxylation is 1. The van der Waals surface area contributed by atoms with Gasteiger partial charge in [-0.2, -0.15) is 0 Å². The predicted octanol–water partition coefficient (Wildman–Crippen LogP) is 2.10. The van der Waals surface area contributed by atoms with Crippen molar-refractivity contribution in [2.24, 2.45) is 0 Å². The van der Waals surface area contributed by atoms with Crippen molar-refractivity contribution in [2.45, 2.75) is 13.5 Å². The summed E-state index contributed by atoms with van der Waals surface area (Å²) in [6.07, 6.45) is 3.68. The molecule has 1 aliphatic rings. The van der Waals surface area contributed by atoms with Crippen LogP contribution in [-0.4, -0.2) is 35.7 Å². The number of nitrogens with one attached hydrogen (secondary N) is 1. The molecule has 3 rings (SSSR count). The zero-order chi connectivity index (χ0) is 13.8. The fourth-order valence-electron chi connectivity index (χ4n) is 2.39. The van der Waals surface area contributed by atoms with E-state index in [0.29, 0.717) is 6.01 Å². The summed E-state index contributed by atoms with van der Waals surface area (Å²) in [5, 5.41) is 3.36. The Bertz CT molecular complexity index is 543. The molecule has 1 aliphatic heterocycles. The van der Waals surface area contributed by atoms with E-state index in [1.54, 1.807) is 6.20 Å². The van der Waals surface area contributed by atoms with Crippen LogP contribution in [-0.2, 0) is 6.54 Å². The summed E-state index contributed by atoms with van der Waals surface area (Å²) in [5.74, 6) is 0.824. The molecule has 0 amide bonds. The van der Waals surface area contributed by atoms with Crippen LogP contribution in [0.1, 0.15) is 6.92 Å². The van der Waals surface area contributed by atoms with Gasteiger partial charge in [-0.25, -0.2) is 4.98 Å². The first kappa shape index (κ1) is 13.0. The number of hydrogen-bond donors (Lipinski definition) is 1. The van der Waals surface area contributed by atoms with Crippen LogP contribution in [0.3, 0.4) is 0 Å². The molecule has 0 aliphatic carbocycles. The van der Waals surface area contributed by atoms with Crippen molar-refractivity contribution in [3.05, 3.63) is 36.7 Å². The van der Waals surface area contributed by atoms with Gasteiger partial charge < -0.3 is 19.5 Å². The van der Waals surface area contributed by atoms with Crippen molar-refractivity contribution in [1.29, 1.82) is 0 Å². The molecule has 5 heteroatoms. The Labute approximate surface area is 119 Å². The van der Waals surface area contributed by atoms with Gasteiger partial charge in [-0.15, -0.1) is 0 Å². The average molecular weight is 272 g/mol. The first-order valence-electron chi connectivity index (χ1n) is 7.11. The molecule has 0 radical (unpaired) electrons. The third-order valence-electron chi connectivity index (χ3n) is 3.55. The molecule has 1 aromatic carbocycles. The van der Waals surface area contributed by atoms with Gasteiger partial charge in [0.25, 0.3) is 0 Å². The zero-order valence-electron chi connectivity index (χ0n) is 11.7. The lowest BCUT2D eigenvalue weighted by molar-refractivity contribution is 0.415. The van der Waals surface area contributed by atoms with Crippen LogP contribution in [0.15, 0.2) is 36.7 Å². The van der Waals surface area contributed by atoms with Gasteiger partial charge >= 0.3 is 6.01 Å². The van der Waals surface area contributed by atoms with Crippen LogP contribution in [0.2, 0.25) is 0 Å². The minimum atomic E-state index is 0.641. The van der Waals surface area contributed by atoms with Crippen molar-refractivity contribution >= 4 is 5.69 Å². The number of anilines is 1. The Morgan fingerprint density at radius 2 is 1.95 bits per heavy atom. The summed E-state index contributed by atoms with van der Waals surface area (Å²) in [5.41, 5.74) is 1.25. The molecule has 2 heterocycles. The van der Waals surface area contributed by atoms with Crippen LogP contribution >= 0.6 is 0 Å². The van der Waals surface area contributed by atoms with Crippen LogP contribution in [0.25, 0.3) is 0 Å². The smallest absolute Gasteiger partial charge is 0.301 e. The predicted molar refractivity (Wildman–Crippen MR) is 79.5 cm³/mol. The summed E-state index contributed by atoms with van der Waals surface area (Å²) < 4.78 is 7.78. The SMILES string of the molecule is CCn1ccnc1Oc1ccc(N2CCNCC2)cc1. The normalized spacial score (nSPS) is 15.3. The molecule has 20 heavy (non-hydrogen) atoms. The lowest BCUT2D eigenvalue weighted by atomic mass is 10.2. The Morgan fingerprint density at radius 1 is 1.20 bits per heavy atom. The van der Waals surface area contributed by atoms with Crippen LogP contribution in [0, 0.1) is 0 Å². The van der Waals surface area contributed by atoms with E-state index in [4.69, 9.17) is 4.74 Å². The highest BCUT2D eigenvalue weighted by Gasteiger charge is 2.10. The third-order valence-corrected chi connectivity index (χ3v) is 3.55. The number of hydrogen-bond acceptors (Lipinski definition) is 4. The largest absolute Gasteiger partial charge is 0.426 e. The van der Waals surface area contributed by atoms with E-state index < -0.39 is 0 Å². The Hall–Kier alpha value is -2.01. The quantitative estimate of drug-likeness (QED) is 0.925. The number of imidazole rings is 1. The maximum Gasteiger partial charge on any atom is 0.301 e. The van der Waals surface area contributed by atoms with Gasteiger partial charge in [0.05, 0.1) is 0 Å². The molecule has 106 valence electrons. The van der Waals surface area contributed by atoms with Gasteiger partial charge in [-0.1, -0.05) is 0 Å². The standard InChI is InChI=1S/C15H20N4O/c1-2-18-12-9-17-15(18)20-14-5-3-13(4-6-14)19-10-7-16-8-11-19/h3-6,9,12,16H,2,7-8,10-11H2,1H3. The summed E-state index contributed by atoms with van der Waals surface area (Å²) in [6, 6.07) is 8.88. The molecule has 1 saturated heterocycles. The van der Waals surface area contributed by atoms with E-state index >= 15 is 0 Å². The minimum absolute atomic E-state index is 0.641. The van der Waals surface area contributed by atoms with Crippen molar-refractivity contribution in [2.75, 3.05) is 31.1 Å². The average Bonchev–Trinajstić information content (AvgIpc) is 2.96. The Morgan fingerprint density at radius 3 is 2.65 bits per heavy atom. The molecule has 1 N–H and O–H groups in total. The highest BCUT2D eigenvalue weighted by molar-refractivity contribution is 5.49. The molecular formula is C15H20N4O. The van der Waals surface area contributed by atoms with E-state index in [9.17, 15) is 0 Å². The summed E-state index contributed by atoms with van der Waals surface area (Å²) in [4.78, 5) is 6.60. The van der Waals surface area contributed by atoms with Gasteiger partial charge in [0.2, 0.25) is 0 Å². The van der Waals surface area contributed by atoms with E-state index in [2.05, 4.69) is 34.3 Å². The van der Waals surface area contributed by atoms with Gasteiger partial charge in [-0.3, -0.25) is 0 Å². The summed E-state index contributed by atoms with van der Waals surface area (Å²) in [7, 11) is 0. The van der Waals surface area contributed by atoms with Gasteiger partial charge in [-0.05, 0) is 31.2 Å². The van der Waals surface area contributed by atoms with Crippen molar-refractivity contribution in [1.82, 2.24) is 14.9 Å². The maximum absolute atomic E-state index is 5.80. The maximum atomic E-state index is 5.80. The number of ether oxygens (including phenoxy) is 1. The molecule has 0 spiro atoms. The fraction of sp³-hybridized carbons (Fsp3) is 0.400. The third kappa shape index (κ3) is 2.77. The van der Waals surface area contributed by atoms with Crippen LogP contribution < -0.4 is 15.0 Å². The lowest BCUT2D eigenvalue weighted by Gasteiger charge is -2.29. The second-order valence-electron chi connectivity index (χ2n) is 4.83. The zero-order valence-corrected chi connectivity index (χ0v) is 11.7. The number of piperazine rings is 1. The monoisotopic (exact) mass is 272 g/mol. The van der Waals surface area contributed by atoms with Crippen molar-refractivity contribution in [3.63, 3.8) is 0 Å². The van der Waals surface area contributed by atoms with E-state index in [-0.39, 0.29) is 0 Å². The molecule has 0 atom stereocenters. The highest BCUT2D eigenvalue weighted by Crippen LogP contribution is 2.23. The molecule has 1 fully saturated rings. The molecule has 2 aromatic rings. The number of rotatable bonds is 4. The molecule has 0 unspecified atom stereocenters. The topological polar surface area (TPSA) is 42.3 Å². The second kappa shape index (κ2) is 5.96. The van der Waals surface area contributed by atoms with Crippen LogP contribution in [0.4, 0.5) is 5.69 Å². The first-order valence-corrected chi connectivity index (χ1v) is 7.11.